The number of amides is 1. The Hall–Kier alpha value is -1.64. The maximum absolute atomic E-state index is 12.2. The number of halogens is 3. The van der Waals surface area contributed by atoms with Crippen LogP contribution in [0.1, 0.15) is 10.4 Å². The average molecular weight is 268 g/mol. The van der Waals surface area contributed by atoms with Crippen molar-refractivity contribution in [2.75, 3.05) is 7.05 Å². The Kier molecular flexibility index (Phi) is 3.41. The first-order valence-corrected chi connectivity index (χ1v) is 5.61. The number of nitrogens with zero attached hydrogens (tertiary/aromatic N) is 2. The van der Waals surface area contributed by atoms with Crippen molar-refractivity contribution in [1.82, 2.24) is 9.29 Å². The molecule has 0 aliphatic carbocycles. The molecule has 0 spiro atoms. The smallest absolute Gasteiger partial charge is 0.268 e. The third-order valence-corrected chi connectivity index (χ3v) is 3.32. The molecule has 0 aliphatic heterocycles. The maximum Gasteiger partial charge on any atom is 0.516 e. The molecule has 1 aromatic heterocycles. The first kappa shape index (κ1) is 13.4. The van der Waals surface area contributed by atoms with Gasteiger partial charge in [0.25, 0.3) is 5.91 Å². The zero-order valence-electron chi connectivity index (χ0n) is 8.47. The van der Waals surface area contributed by atoms with Gasteiger partial charge in [-0.05, 0) is 12.1 Å². The van der Waals surface area contributed by atoms with E-state index in [-0.39, 0.29) is 9.87 Å². The highest BCUT2D eigenvalue weighted by Crippen LogP contribution is 2.26. The van der Waals surface area contributed by atoms with Crippen molar-refractivity contribution in [1.29, 1.82) is 0 Å². The molecule has 1 heterocycles. The molecule has 0 radical (unpaired) electrons. The quantitative estimate of drug-likeness (QED) is 0.802. The van der Waals surface area contributed by atoms with Gasteiger partial charge in [0.05, 0.1) is 5.56 Å². The molecule has 1 amide bonds. The van der Waals surface area contributed by atoms with Gasteiger partial charge in [0.1, 0.15) is 0 Å². The number of carbonyl (C=O) groups is 1. The van der Waals surface area contributed by atoms with Crippen molar-refractivity contribution in [3.05, 3.63) is 30.1 Å². The Morgan fingerprint density at radius 3 is 2.41 bits per heavy atom. The van der Waals surface area contributed by atoms with Crippen LogP contribution in [0.2, 0.25) is 0 Å². The predicted octanol–water partition coefficient (Wildman–Crippen LogP) is 1.00. The van der Waals surface area contributed by atoms with Gasteiger partial charge < -0.3 is 0 Å². The molecule has 5 nitrogen and oxygen atoms in total. The van der Waals surface area contributed by atoms with Crippen LogP contribution in [-0.2, 0) is 10.0 Å². The Bertz CT molecular complexity index is 513. The normalized spacial score (nSPS) is 12.2. The largest absolute Gasteiger partial charge is 0.516 e. The van der Waals surface area contributed by atoms with E-state index in [9.17, 15) is 26.4 Å². The average Bonchev–Trinajstić information content (AvgIpc) is 2.26. The summed E-state index contributed by atoms with van der Waals surface area (Å²) in [6.45, 7) is 0. The molecule has 94 valence electrons. The van der Waals surface area contributed by atoms with E-state index in [2.05, 4.69) is 4.98 Å². The van der Waals surface area contributed by atoms with Crippen LogP contribution < -0.4 is 0 Å². The monoisotopic (exact) mass is 268 g/mol. The highest BCUT2D eigenvalue weighted by Gasteiger charge is 2.50. The molecule has 1 rings (SSSR count). The Labute approximate surface area is 94.9 Å². The van der Waals surface area contributed by atoms with Crippen LogP contribution in [0.4, 0.5) is 13.2 Å². The molecule has 9 heteroatoms. The molecule has 0 bridgehead atoms. The van der Waals surface area contributed by atoms with Gasteiger partial charge >= 0.3 is 15.5 Å². The molecule has 1 aromatic rings. The summed E-state index contributed by atoms with van der Waals surface area (Å²) in [6.07, 6.45) is 2.28. The highest BCUT2D eigenvalue weighted by atomic mass is 32.2. The Morgan fingerprint density at radius 2 is 2.00 bits per heavy atom. The zero-order chi connectivity index (χ0) is 13.3. The standard InChI is InChI=1S/C8H7F3N2O3S/c1-13(17(15,16)8(9,10)11)7(14)6-3-2-4-12-5-6/h2-5H,1H3. The highest BCUT2D eigenvalue weighted by molar-refractivity contribution is 7.90. The zero-order valence-corrected chi connectivity index (χ0v) is 9.29. The van der Waals surface area contributed by atoms with Crippen molar-refractivity contribution >= 4 is 15.9 Å². The summed E-state index contributed by atoms with van der Waals surface area (Å²) in [5.74, 6) is -1.30. The van der Waals surface area contributed by atoms with E-state index >= 15 is 0 Å². The minimum Gasteiger partial charge on any atom is -0.268 e. The third kappa shape index (κ3) is 2.54. The maximum atomic E-state index is 12.2. The summed E-state index contributed by atoms with van der Waals surface area (Å²) in [4.78, 5) is 15.0. The molecule has 0 unspecified atom stereocenters. The molecule has 17 heavy (non-hydrogen) atoms. The number of pyridine rings is 1. The van der Waals surface area contributed by atoms with Crippen LogP contribution in [0.3, 0.4) is 0 Å². The van der Waals surface area contributed by atoms with Crippen LogP contribution in [0.25, 0.3) is 0 Å². The van der Waals surface area contributed by atoms with Crippen LogP contribution >= 0.6 is 0 Å². The van der Waals surface area contributed by atoms with E-state index in [0.29, 0.717) is 7.05 Å². The lowest BCUT2D eigenvalue weighted by molar-refractivity contribution is -0.0477. The molecule has 0 aliphatic rings. The van der Waals surface area contributed by atoms with Crippen molar-refractivity contribution in [2.24, 2.45) is 0 Å². The van der Waals surface area contributed by atoms with Gasteiger partial charge in [0.15, 0.2) is 0 Å². The second-order valence-electron chi connectivity index (χ2n) is 2.97. The number of sulfonamides is 1. The number of rotatable bonds is 2. The summed E-state index contributed by atoms with van der Waals surface area (Å²) in [6, 6.07) is 2.47. The van der Waals surface area contributed by atoms with Gasteiger partial charge in [-0.1, -0.05) is 0 Å². The van der Waals surface area contributed by atoms with E-state index in [4.69, 9.17) is 0 Å². The molecule has 0 atom stereocenters. The van der Waals surface area contributed by atoms with Gasteiger partial charge in [-0.15, -0.1) is 0 Å². The second kappa shape index (κ2) is 4.32. The summed E-state index contributed by atoms with van der Waals surface area (Å²) in [5.41, 5.74) is -5.76. The van der Waals surface area contributed by atoms with Gasteiger partial charge in [-0.25, -0.2) is 4.31 Å². The number of hydrogen-bond donors (Lipinski definition) is 0. The van der Waals surface area contributed by atoms with Crippen LogP contribution in [0.5, 0.6) is 0 Å². The van der Waals surface area contributed by atoms with E-state index < -0.39 is 21.4 Å². The predicted molar refractivity (Wildman–Crippen MR) is 51.3 cm³/mol. The minimum atomic E-state index is -5.67. The van der Waals surface area contributed by atoms with Crippen molar-refractivity contribution in [2.45, 2.75) is 5.51 Å². The summed E-state index contributed by atoms with van der Waals surface area (Å²) in [5, 5.41) is 0. The molecule has 0 saturated carbocycles. The number of hydrogen-bond acceptors (Lipinski definition) is 4. The van der Waals surface area contributed by atoms with Gasteiger partial charge in [-0.3, -0.25) is 9.78 Å². The third-order valence-electron chi connectivity index (χ3n) is 1.85. The molecule has 0 N–H and O–H groups in total. The second-order valence-corrected chi connectivity index (χ2v) is 4.93. The van der Waals surface area contributed by atoms with Crippen molar-refractivity contribution in [3.8, 4) is 0 Å². The topological polar surface area (TPSA) is 67.3 Å². The van der Waals surface area contributed by atoms with Crippen molar-refractivity contribution < 1.29 is 26.4 Å². The fraction of sp³-hybridized carbons (Fsp3) is 0.250. The number of alkyl halides is 3. The Balaban J connectivity index is 3.09. The van der Waals surface area contributed by atoms with E-state index in [0.717, 1.165) is 12.3 Å². The summed E-state index contributed by atoms with van der Waals surface area (Å²) < 4.78 is 58.0. The lowest BCUT2D eigenvalue weighted by atomic mass is 10.3. The van der Waals surface area contributed by atoms with E-state index in [1.807, 2.05) is 0 Å². The number of aromatic nitrogens is 1. The van der Waals surface area contributed by atoms with Gasteiger partial charge in [0, 0.05) is 19.4 Å². The summed E-state index contributed by atoms with van der Waals surface area (Å²) >= 11 is 0. The number of carbonyl (C=O) groups excluding carboxylic acids is 1. The molecule has 0 saturated heterocycles. The van der Waals surface area contributed by atoms with E-state index in [1.54, 1.807) is 0 Å². The first-order chi connectivity index (χ1) is 7.68. The lowest BCUT2D eigenvalue weighted by Crippen LogP contribution is -2.41. The molecular formula is C8H7F3N2O3S. The van der Waals surface area contributed by atoms with E-state index in [1.165, 1.54) is 12.3 Å². The lowest BCUT2D eigenvalue weighted by Gasteiger charge is -2.18. The molecule has 0 fully saturated rings. The fourth-order valence-electron chi connectivity index (χ4n) is 0.935. The Morgan fingerprint density at radius 1 is 1.41 bits per heavy atom. The summed E-state index contributed by atoms with van der Waals surface area (Å²) in [7, 11) is -5.13. The van der Waals surface area contributed by atoms with Gasteiger partial charge in [0.2, 0.25) is 0 Å². The first-order valence-electron chi connectivity index (χ1n) is 4.17. The fourth-order valence-corrected chi connectivity index (χ4v) is 1.57. The molecule has 0 aromatic carbocycles. The molecular weight excluding hydrogens is 261 g/mol. The van der Waals surface area contributed by atoms with Crippen molar-refractivity contribution in [3.63, 3.8) is 0 Å². The van der Waals surface area contributed by atoms with Crippen LogP contribution in [-0.4, -0.2) is 36.2 Å². The SMILES string of the molecule is CN(C(=O)c1cccnc1)S(=O)(=O)C(F)(F)F. The van der Waals surface area contributed by atoms with Crippen LogP contribution in [0, 0.1) is 0 Å². The minimum absolute atomic E-state index is 0.247. The van der Waals surface area contributed by atoms with Gasteiger partial charge in [-0.2, -0.15) is 21.6 Å². The van der Waals surface area contributed by atoms with Crippen LogP contribution in [0.15, 0.2) is 24.5 Å².